The predicted octanol–water partition coefficient (Wildman–Crippen LogP) is 0.993. The number of nitrogens with one attached hydrogen (secondary N) is 1. The van der Waals surface area contributed by atoms with E-state index >= 15 is 0 Å². The topological polar surface area (TPSA) is 49.3 Å². The van der Waals surface area contributed by atoms with E-state index in [0.29, 0.717) is 11.0 Å². The summed E-state index contributed by atoms with van der Waals surface area (Å²) in [6.45, 7) is 1.14. The van der Waals surface area contributed by atoms with Crippen molar-refractivity contribution in [2.75, 3.05) is 6.54 Å². The average molecular weight is 181 g/mol. The van der Waals surface area contributed by atoms with Crippen LogP contribution < -0.4 is 5.32 Å². The van der Waals surface area contributed by atoms with Crippen molar-refractivity contribution in [1.82, 2.24) is 5.32 Å². The fourth-order valence-corrected chi connectivity index (χ4v) is 3.50. The lowest BCUT2D eigenvalue weighted by Gasteiger charge is -2.33. The van der Waals surface area contributed by atoms with E-state index in [2.05, 4.69) is 5.32 Å². The molecular weight excluding hydrogens is 166 g/mol. The van der Waals surface area contributed by atoms with E-state index < -0.39 is 5.97 Å². The molecular formula is C10H15NO2. The maximum absolute atomic E-state index is 10.8. The number of carboxylic acid groups (broad SMARTS) is 1. The minimum atomic E-state index is -0.585. The molecule has 2 spiro atoms. The number of hydrogen-bond donors (Lipinski definition) is 2. The van der Waals surface area contributed by atoms with Gasteiger partial charge in [-0.2, -0.15) is 0 Å². The Kier molecular flexibility index (Phi) is 1.25. The second kappa shape index (κ2) is 2.08. The van der Waals surface area contributed by atoms with E-state index in [-0.39, 0.29) is 5.92 Å². The molecule has 3 unspecified atom stereocenters. The van der Waals surface area contributed by atoms with Crippen LogP contribution in [0.1, 0.15) is 32.1 Å². The molecule has 0 radical (unpaired) electrons. The highest BCUT2D eigenvalue weighted by atomic mass is 16.4. The third-order valence-electron chi connectivity index (χ3n) is 4.50. The van der Waals surface area contributed by atoms with Crippen molar-refractivity contribution in [3.05, 3.63) is 0 Å². The molecule has 72 valence electrons. The lowest BCUT2D eigenvalue weighted by Crippen LogP contribution is -2.49. The van der Waals surface area contributed by atoms with Gasteiger partial charge in [-0.1, -0.05) is 0 Å². The molecule has 0 aromatic carbocycles. The summed E-state index contributed by atoms with van der Waals surface area (Å²) in [7, 11) is 0. The fraction of sp³-hybridized carbons (Fsp3) is 0.900. The van der Waals surface area contributed by atoms with Gasteiger partial charge in [-0.25, -0.2) is 0 Å². The Bertz CT molecular complexity index is 272. The molecule has 3 atom stereocenters. The van der Waals surface area contributed by atoms with Crippen molar-refractivity contribution in [3.63, 3.8) is 0 Å². The van der Waals surface area contributed by atoms with Crippen molar-refractivity contribution >= 4 is 5.97 Å². The zero-order valence-electron chi connectivity index (χ0n) is 7.68. The van der Waals surface area contributed by atoms with Gasteiger partial charge in [0, 0.05) is 5.54 Å². The Morgan fingerprint density at radius 3 is 2.62 bits per heavy atom. The molecule has 3 heteroatoms. The Morgan fingerprint density at radius 2 is 2.23 bits per heavy atom. The van der Waals surface area contributed by atoms with Gasteiger partial charge in [0.05, 0.1) is 5.92 Å². The van der Waals surface area contributed by atoms with Crippen LogP contribution in [0.4, 0.5) is 0 Å². The molecule has 1 saturated heterocycles. The Balaban J connectivity index is 1.73. The number of hydrogen-bond acceptors (Lipinski definition) is 2. The maximum Gasteiger partial charge on any atom is 0.306 e. The Labute approximate surface area is 77.5 Å². The summed E-state index contributed by atoms with van der Waals surface area (Å²) in [5.41, 5.74) is 0.797. The summed E-state index contributed by atoms with van der Waals surface area (Å²) in [5.74, 6) is -0.639. The van der Waals surface area contributed by atoms with Crippen molar-refractivity contribution in [3.8, 4) is 0 Å². The molecule has 1 aliphatic heterocycles. The first-order chi connectivity index (χ1) is 6.18. The van der Waals surface area contributed by atoms with Crippen LogP contribution in [0, 0.1) is 11.3 Å². The third kappa shape index (κ3) is 0.810. The van der Waals surface area contributed by atoms with Crippen LogP contribution in [0.2, 0.25) is 0 Å². The number of rotatable bonds is 1. The summed E-state index contributed by atoms with van der Waals surface area (Å²) >= 11 is 0. The van der Waals surface area contributed by atoms with E-state index in [4.69, 9.17) is 5.11 Å². The van der Waals surface area contributed by atoms with Gasteiger partial charge in [-0.3, -0.25) is 4.79 Å². The normalized spacial score (nSPS) is 52.5. The molecule has 0 aromatic heterocycles. The van der Waals surface area contributed by atoms with E-state index in [9.17, 15) is 4.79 Å². The van der Waals surface area contributed by atoms with Crippen LogP contribution in [-0.2, 0) is 4.79 Å². The third-order valence-corrected chi connectivity index (χ3v) is 4.50. The maximum atomic E-state index is 10.8. The summed E-state index contributed by atoms with van der Waals surface area (Å²) in [4.78, 5) is 10.8. The van der Waals surface area contributed by atoms with Crippen LogP contribution in [-0.4, -0.2) is 23.2 Å². The first-order valence-corrected chi connectivity index (χ1v) is 5.15. The van der Waals surface area contributed by atoms with Crippen molar-refractivity contribution in [1.29, 1.82) is 0 Å². The highest BCUT2D eigenvalue weighted by molar-refractivity contribution is 5.70. The number of fused-ring (bicyclic) bond motifs is 1. The van der Waals surface area contributed by atoms with E-state index in [1.165, 1.54) is 12.8 Å². The summed E-state index contributed by atoms with van der Waals surface area (Å²) in [6.07, 6.45) is 5.48. The molecule has 1 heterocycles. The molecule has 3 fully saturated rings. The number of carboxylic acids is 1. The van der Waals surface area contributed by atoms with Gasteiger partial charge in [-0.15, -0.1) is 0 Å². The molecule has 13 heavy (non-hydrogen) atoms. The molecule has 3 rings (SSSR count). The van der Waals surface area contributed by atoms with Gasteiger partial charge in [-0.05, 0) is 44.1 Å². The first kappa shape index (κ1) is 7.80. The molecule has 2 N–H and O–H groups in total. The van der Waals surface area contributed by atoms with Crippen LogP contribution >= 0.6 is 0 Å². The SMILES string of the molecule is O=C(O)C1CCC2(C1)CC21CCN1. The standard InChI is InChI=1S/C10H15NO2/c12-8(13)7-1-2-9(5-7)6-10(9)3-4-11-10/h7,11H,1-6H2,(H,12,13). The molecule has 2 aliphatic carbocycles. The molecule has 0 amide bonds. The smallest absolute Gasteiger partial charge is 0.306 e. The Hall–Kier alpha value is -0.570. The van der Waals surface area contributed by atoms with Crippen LogP contribution in [0.3, 0.4) is 0 Å². The summed E-state index contributed by atoms with van der Waals surface area (Å²) in [5, 5.41) is 12.4. The minimum absolute atomic E-state index is 0.0539. The quantitative estimate of drug-likeness (QED) is 0.634. The Morgan fingerprint density at radius 1 is 1.46 bits per heavy atom. The molecule has 3 aliphatic rings. The van der Waals surface area contributed by atoms with E-state index in [0.717, 1.165) is 25.8 Å². The number of carbonyl (C=O) groups is 1. The monoisotopic (exact) mass is 181 g/mol. The molecule has 0 aromatic rings. The van der Waals surface area contributed by atoms with Gasteiger partial charge in [0.1, 0.15) is 0 Å². The van der Waals surface area contributed by atoms with Crippen LogP contribution in [0.15, 0.2) is 0 Å². The second-order valence-corrected chi connectivity index (χ2v) is 4.99. The summed E-state index contributed by atoms with van der Waals surface area (Å²) < 4.78 is 0. The van der Waals surface area contributed by atoms with Gasteiger partial charge in [0.15, 0.2) is 0 Å². The second-order valence-electron chi connectivity index (χ2n) is 4.99. The zero-order valence-corrected chi connectivity index (χ0v) is 7.68. The summed E-state index contributed by atoms with van der Waals surface area (Å²) in [6, 6.07) is 0. The largest absolute Gasteiger partial charge is 0.481 e. The highest BCUT2D eigenvalue weighted by Crippen LogP contribution is 2.70. The lowest BCUT2D eigenvalue weighted by atomic mass is 9.90. The predicted molar refractivity (Wildman–Crippen MR) is 47.4 cm³/mol. The number of aliphatic carboxylic acids is 1. The van der Waals surface area contributed by atoms with E-state index in [1.807, 2.05) is 0 Å². The van der Waals surface area contributed by atoms with Crippen LogP contribution in [0.25, 0.3) is 0 Å². The zero-order chi connectivity index (χ0) is 9.10. The van der Waals surface area contributed by atoms with Gasteiger partial charge in [0.25, 0.3) is 0 Å². The van der Waals surface area contributed by atoms with Crippen molar-refractivity contribution in [2.24, 2.45) is 11.3 Å². The minimum Gasteiger partial charge on any atom is -0.481 e. The van der Waals surface area contributed by atoms with Crippen molar-refractivity contribution in [2.45, 2.75) is 37.6 Å². The average Bonchev–Trinajstić information content (AvgIpc) is 2.44. The fourth-order valence-electron chi connectivity index (χ4n) is 3.50. The van der Waals surface area contributed by atoms with Gasteiger partial charge in [0.2, 0.25) is 0 Å². The highest BCUT2D eigenvalue weighted by Gasteiger charge is 2.71. The first-order valence-electron chi connectivity index (χ1n) is 5.15. The van der Waals surface area contributed by atoms with Gasteiger partial charge < -0.3 is 10.4 Å². The van der Waals surface area contributed by atoms with Crippen molar-refractivity contribution < 1.29 is 9.90 Å². The molecule has 0 bridgehead atoms. The van der Waals surface area contributed by atoms with Gasteiger partial charge >= 0.3 is 5.97 Å². The van der Waals surface area contributed by atoms with E-state index in [1.54, 1.807) is 0 Å². The molecule has 2 saturated carbocycles. The van der Waals surface area contributed by atoms with Crippen LogP contribution in [0.5, 0.6) is 0 Å². The lowest BCUT2D eigenvalue weighted by molar-refractivity contribution is -0.141. The molecule has 3 nitrogen and oxygen atoms in total.